The molecule has 0 bridgehead atoms. The molecule has 170 valence electrons. The lowest BCUT2D eigenvalue weighted by molar-refractivity contribution is 0.485. The minimum Gasteiger partial charge on any atom is -0.229 e. The Morgan fingerprint density at radius 3 is 2.09 bits per heavy atom. The van der Waals surface area contributed by atoms with Crippen molar-refractivity contribution in [3.8, 4) is 0 Å². The summed E-state index contributed by atoms with van der Waals surface area (Å²) in [7, 11) is -1.08. The number of fused-ring (bicyclic) bond motifs is 2. The summed E-state index contributed by atoms with van der Waals surface area (Å²) in [4.78, 5) is 0.680. The summed E-state index contributed by atoms with van der Waals surface area (Å²) < 4.78 is 21.5. The van der Waals surface area contributed by atoms with Crippen molar-refractivity contribution >= 4 is 27.1 Å². The fourth-order valence-electron chi connectivity index (χ4n) is 5.22. The summed E-state index contributed by atoms with van der Waals surface area (Å²) in [5, 5.41) is 0.631. The molecule has 2 aliphatic carbocycles. The summed E-state index contributed by atoms with van der Waals surface area (Å²) in [6, 6.07) is 24.9. The van der Waals surface area contributed by atoms with Gasteiger partial charge in [0.15, 0.2) is 0 Å². The van der Waals surface area contributed by atoms with Gasteiger partial charge in [-0.05, 0) is 90.6 Å². The number of hydrogen-bond acceptors (Lipinski definition) is 2. The highest BCUT2D eigenvalue weighted by Crippen LogP contribution is 2.40. The van der Waals surface area contributed by atoms with Crippen LogP contribution in [0.3, 0.4) is 0 Å². The quantitative estimate of drug-likeness (QED) is 0.441. The van der Waals surface area contributed by atoms with Crippen molar-refractivity contribution in [1.82, 2.24) is 4.72 Å². The molecule has 0 radical (unpaired) electrons. The van der Waals surface area contributed by atoms with E-state index in [-0.39, 0.29) is 6.04 Å². The smallest absolute Gasteiger partial charge is 0.137 e. The van der Waals surface area contributed by atoms with Crippen LogP contribution in [0.2, 0.25) is 5.02 Å². The van der Waals surface area contributed by atoms with E-state index in [0.717, 1.165) is 38.5 Å². The molecular weight excluding hydrogens is 448 g/mol. The molecule has 0 aliphatic heterocycles. The molecule has 0 heterocycles. The second-order valence-corrected chi connectivity index (χ2v) is 11.4. The third kappa shape index (κ3) is 4.52. The summed E-state index contributed by atoms with van der Waals surface area (Å²) in [6.45, 7) is 0. The third-order valence-electron chi connectivity index (χ3n) is 6.83. The summed E-state index contributed by atoms with van der Waals surface area (Å²) >= 11 is 6.05. The van der Waals surface area contributed by atoms with Crippen LogP contribution in [-0.2, 0) is 22.8 Å². The monoisotopic (exact) mass is 476 g/mol. The van der Waals surface area contributed by atoms with E-state index < -0.39 is 9.92 Å². The maximum atomic E-state index is 13.7. The second kappa shape index (κ2) is 9.46. The molecule has 1 saturated carbocycles. The topological polar surface area (TPSA) is 41.5 Å². The second-order valence-electron chi connectivity index (χ2n) is 8.87. The van der Waals surface area contributed by atoms with Gasteiger partial charge >= 0.3 is 0 Å². The standard InChI is InChI=1S/C28H29ClN2OS/c1-30-33(32,25-17-15-23(29)16-18-25)31-24-10-6-9-22(19-24)28-26-11-4-2-7-20(26)13-14-21-8-3-5-12-27(21)28/h2-5,7-8,11-12,15-18,24H,6,9-10,13-14,19H2,1H3,(H,30,31,32). The highest BCUT2D eigenvalue weighted by Gasteiger charge is 2.27. The van der Waals surface area contributed by atoms with Crippen molar-refractivity contribution in [3.63, 3.8) is 0 Å². The Kier molecular flexibility index (Phi) is 6.42. The van der Waals surface area contributed by atoms with Crippen LogP contribution in [0.25, 0.3) is 5.57 Å². The lowest BCUT2D eigenvalue weighted by Gasteiger charge is -2.29. The number of hydrogen-bond donors (Lipinski definition) is 1. The first-order chi connectivity index (χ1) is 16.1. The Labute approximate surface area is 202 Å². The van der Waals surface area contributed by atoms with E-state index in [2.05, 4.69) is 57.6 Å². The Morgan fingerprint density at radius 2 is 1.48 bits per heavy atom. The zero-order valence-corrected chi connectivity index (χ0v) is 20.5. The number of aryl methyl sites for hydroxylation is 2. The van der Waals surface area contributed by atoms with Gasteiger partial charge in [0.25, 0.3) is 0 Å². The maximum Gasteiger partial charge on any atom is 0.137 e. The van der Waals surface area contributed by atoms with E-state index in [4.69, 9.17) is 11.6 Å². The SMILES string of the molecule is CN=S(=O)(NC1CCCC(=C2c3ccccc3CCc3ccccc32)C1)c1ccc(Cl)cc1. The van der Waals surface area contributed by atoms with E-state index in [0.29, 0.717) is 9.92 Å². The van der Waals surface area contributed by atoms with Crippen LogP contribution in [0.15, 0.2) is 87.6 Å². The number of nitrogens with one attached hydrogen (secondary N) is 1. The van der Waals surface area contributed by atoms with E-state index in [1.54, 1.807) is 19.2 Å². The number of rotatable bonds is 3. The van der Waals surface area contributed by atoms with E-state index in [9.17, 15) is 4.21 Å². The van der Waals surface area contributed by atoms with Crippen LogP contribution in [0.4, 0.5) is 0 Å². The number of benzene rings is 3. The molecule has 2 atom stereocenters. The molecular formula is C28H29ClN2OS. The summed E-state index contributed by atoms with van der Waals surface area (Å²) in [5.74, 6) is 0. The largest absolute Gasteiger partial charge is 0.229 e. The summed E-state index contributed by atoms with van der Waals surface area (Å²) in [6.07, 6.45) is 6.12. The molecule has 2 unspecified atom stereocenters. The minimum absolute atomic E-state index is 0.107. The normalized spacial score (nSPS) is 19.8. The van der Waals surface area contributed by atoms with Crippen LogP contribution in [0, 0.1) is 0 Å². The van der Waals surface area contributed by atoms with Gasteiger partial charge in [0, 0.05) is 18.1 Å². The van der Waals surface area contributed by atoms with Crippen molar-refractivity contribution in [2.45, 2.75) is 49.5 Å². The van der Waals surface area contributed by atoms with E-state index in [1.807, 2.05) is 12.1 Å². The predicted octanol–water partition coefficient (Wildman–Crippen LogP) is 6.84. The average molecular weight is 477 g/mol. The van der Waals surface area contributed by atoms with Crippen molar-refractivity contribution in [2.24, 2.45) is 4.36 Å². The van der Waals surface area contributed by atoms with Gasteiger partial charge in [-0.3, -0.25) is 0 Å². The van der Waals surface area contributed by atoms with E-state index in [1.165, 1.54) is 33.4 Å². The molecule has 33 heavy (non-hydrogen) atoms. The van der Waals surface area contributed by atoms with Gasteiger partial charge in [0.1, 0.15) is 9.92 Å². The lowest BCUT2D eigenvalue weighted by atomic mass is 9.82. The Morgan fingerprint density at radius 1 is 0.879 bits per heavy atom. The first kappa shape index (κ1) is 22.4. The molecule has 0 aromatic heterocycles. The highest BCUT2D eigenvalue weighted by atomic mass is 35.5. The van der Waals surface area contributed by atoms with E-state index >= 15 is 0 Å². The van der Waals surface area contributed by atoms with Crippen molar-refractivity contribution in [3.05, 3.63) is 106 Å². The van der Waals surface area contributed by atoms with Crippen LogP contribution in [-0.4, -0.2) is 17.3 Å². The zero-order chi connectivity index (χ0) is 22.8. The lowest BCUT2D eigenvalue weighted by Crippen LogP contribution is -2.36. The number of nitrogens with zero attached hydrogens (tertiary/aromatic N) is 1. The van der Waals surface area contributed by atoms with Crippen LogP contribution < -0.4 is 4.72 Å². The van der Waals surface area contributed by atoms with Crippen molar-refractivity contribution < 1.29 is 4.21 Å². The zero-order valence-electron chi connectivity index (χ0n) is 18.9. The molecule has 0 spiro atoms. The minimum atomic E-state index is -2.71. The summed E-state index contributed by atoms with van der Waals surface area (Å²) in [5.41, 5.74) is 8.39. The molecule has 5 heteroatoms. The Hall–Kier alpha value is -2.40. The van der Waals surface area contributed by atoms with Crippen molar-refractivity contribution in [2.75, 3.05) is 7.05 Å². The Balaban J connectivity index is 1.54. The maximum absolute atomic E-state index is 13.7. The Bertz CT molecular complexity index is 1270. The van der Waals surface area contributed by atoms with Gasteiger partial charge in [0.2, 0.25) is 0 Å². The van der Waals surface area contributed by atoms with Crippen molar-refractivity contribution in [1.29, 1.82) is 0 Å². The molecule has 5 rings (SSSR count). The molecule has 3 nitrogen and oxygen atoms in total. The molecule has 0 saturated heterocycles. The van der Waals surface area contributed by atoms with Gasteiger partial charge < -0.3 is 0 Å². The van der Waals surface area contributed by atoms with Gasteiger partial charge in [-0.2, -0.15) is 0 Å². The van der Waals surface area contributed by atoms with Gasteiger partial charge in [-0.25, -0.2) is 13.3 Å². The first-order valence-corrected chi connectivity index (χ1v) is 13.5. The third-order valence-corrected chi connectivity index (χ3v) is 9.16. The van der Waals surface area contributed by atoms with Crippen LogP contribution in [0.1, 0.15) is 47.9 Å². The predicted molar refractivity (Wildman–Crippen MR) is 138 cm³/mol. The molecule has 1 N–H and O–H groups in total. The molecule has 0 amide bonds. The van der Waals surface area contributed by atoms with Crippen LogP contribution in [0.5, 0.6) is 0 Å². The fraction of sp³-hybridized carbons (Fsp3) is 0.286. The van der Waals surface area contributed by atoms with Gasteiger partial charge in [0.05, 0.1) is 4.90 Å². The van der Waals surface area contributed by atoms with Gasteiger partial charge in [-0.1, -0.05) is 65.7 Å². The first-order valence-electron chi connectivity index (χ1n) is 11.6. The molecule has 1 fully saturated rings. The highest BCUT2D eigenvalue weighted by molar-refractivity contribution is 7.91. The number of halogens is 1. The molecule has 2 aliphatic rings. The molecule has 3 aromatic rings. The molecule has 3 aromatic carbocycles. The van der Waals surface area contributed by atoms with Crippen LogP contribution >= 0.6 is 11.6 Å². The van der Waals surface area contributed by atoms with Gasteiger partial charge in [-0.15, -0.1) is 0 Å². The average Bonchev–Trinajstić information content (AvgIpc) is 3.01. The fourth-order valence-corrected chi connectivity index (χ4v) is 6.96.